The molecule has 0 saturated heterocycles. The fourth-order valence-corrected chi connectivity index (χ4v) is 3.16. The zero-order chi connectivity index (χ0) is 11.5. The average molecular weight is 210 g/mol. The Balaban J connectivity index is 2.30. The quantitative estimate of drug-likeness (QED) is 0.595. The molecule has 0 nitrogen and oxygen atoms in total. The molecule has 0 heteroatoms. The molecule has 1 saturated carbocycles. The molecule has 0 aromatic carbocycles. The van der Waals surface area contributed by atoms with E-state index in [1.807, 2.05) is 0 Å². The van der Waals surface area contributed by atoms with Gasteiger partial charge in [0.1, 0.15) is 0 Å². The molecule has 1 aliphatic carbocycles. The Kier molecular flexibility index (Phi) is 4.67. The fourth-order valence-electron chi connectivity index (χ4n) is 3.16. The summed E-state index contributed by atoms with van der Waals surface area (Å²) in [5.41, 5.74) is 0.536. The van der Waals surface area contributed by atoms with Gasteiger partial charge in [0.15, 0.2) is 0 Å². The zero-order valence-corrected chi connectivity index (χ0v) is 11.5. The summed E-state index contributed by atoms with van der Waals surface area (Å²) in [7, 11) is 0. The first kappa shape index (κ1) is 13.1. The molecule has 0 amide bonds. The van der Waals surface area contributed by atoms with Crippen molar-refractivity contribution in [2.45, 2.75) is 73.1 Å². The zero-order valence-electron chi connectivity index (χ0n) is 11.5. The highest BCUT2D eigenvalue weighted by molar-refractivity contribution is 4.78. The van der Waals surface area contributed by atoms with Gasteiger partial charge in [-0.2, -0.15) is 0 Å². The molecule has 1 unspecified atom stereocenters. The monoisotopic (exact) mass is 210 g/mol. The molecule has 0 radical (unpaired) electrons. The van der Waals surface area contributed by atoms with Crippen LogP contribution in [0.5, 0.6) is 0 Å². The number of hydrogen-bond donors (Lipinski definition) is 0. The van der Waals surface area contributed by atoms with Crippen molar-refractivity contribution in [2.75, 3.05) is 0 Å². The third-order valence-electron chi connectivity index (χ3n) is 4.24. The predicted octanol–water partition coefficient (Wildman–Crippen LogP) is 5.28. The predicted molar refractivity (Wildman–Crippen MR) is 69.0 cm³/mol. The highest BCUT2D eigenvalue weighted by atomic mass is 14.3. The van der Waals surface area contributed by atoms with Crippen molar-refractivity contribution in [1.29, 1.82) is 0 Å². The van der Waals surface area contributed by atoms with E-state index in [9.17, 15) is 0 Å². The summed E-state index contributed by atoms with van der Waals surface area (Å²) in [6, 6.07) is 0. The molecule has 0 heterocycles. The lowest BCUT2D eigenvalue weighted by Gasteiger charge is -2.34. The second-order valence-electron chi connectivity index (χ2n) is 6.93. The van der Waals surface area contributed by atoms with E-state index < -0.39 is 0 Å². The Morgan fingerprint density at radius 2 is 1.60 bits per heavy atom. The maximum Gasteiger partial charge on any atom is -0.0380 e. The second-order valence-corrected chi connectivity index (χ2v) is 6.93. The highest BCUT2D eigenvalue weighted by Crippen LogP contribution is 2.39. The van der Waals surface area contributed by atoms with Crippen LogP contribution in [-0.4, -0.2) is 0 Å². The first-order valence-corrected chi connectivity index (χ1v) is 6.92. The maximum atomic E-state index is 2.44. The lowest BCUT2D eigenvalue weighted by molar-refractivity contribution is 0.171. The normalized spacial score (nSPS) is 30.2. The van der Waals surface area contributed by atoms with Crippen LogP contribution in [0, 0.1) is 23.2 Å². The molecule has 0 aromatic heterocycles. The fraction of sp³-hybridized carbons (Fsp3) is 1.00. The molecule has 1 fully saturated rings. The largest absolute Gasteiger partial charge is 0.0651 e. The smallest absolute Gasteiger partial charge is 0.0380 e. The topological polar surface area (TPSA) is 0 Å². The molecule has 15 heavy (non-hydrogen) atoms. The standard InChI is InChI=1S/C15H30/c1-6-12(2)14-9-7-13(8-10-14)11-15(3,4)5/h12-14H,6-11H2,1-5H3. The average Bonchev–Trinajstić information content (AvgIpc) is 2.15. The van der Waals surface area contributed by atoms with Crippen LogP contribution in [0.3, 0.4) is 0 Å². The van der Waals surface area contributed by atoms with Crippen LogP contribution in [0.25, 0.3) is 0 Å². The molecule has 0 spiro atoms. The van der Waals surface area contributed by atoms with E-state index in [2.05, 4.69) is 34.6 Å². The highest BCUT2D eigenvalue weighted by Gasteiger charge is 2.26. The Labute approximate surface area is 96.8 Å². The van der Waals surface area contributed by atoms with E-state index in [1.54, 1.807) is 0 Å². The Morgan fingerprint density at radius 1 is 1.07 bits per heavy atom. The second kappa shape index (κ2) is 5.37. The molecule has 1 atom stereocenters. The lowest BCUT2D eigenvalue weighted by atomic mass is 9.71. The lowest BCUT2D eigenvalue weighted by Crippen LogP contribution is -2.22. The van der Waals surface area contributed by atoms with Gasteiger partial charge in [-0.1, -0.05) is 53.9 Å². The molecule has 0 aromatic rings. The Morgan fingerprint density at radius 3 is 2.00 bits per heavy atom. The summed E-state index contributed by atoms with van der Waals surface area (Å²) >= 11 is 0. The van der Waals surface area contributed by atoms with Crippen LogP contribution in [0.4, 0.5) is 0 Å². The summed E-state index contributed by atoms with van der Waals surface area (Å²) in [5, 5.41) is 0. The minimum Gasteiger partial charge on any atom is -0.0651 e. The molecule has 0 bridgehead atoms. The van der Waals surface area contributed by atoms with Crippen molar-refractivity contribution in [3.63, 3.8) is 0 Å². The third-order valence-corrected chi connectivity index (χ3v) is 4.24. The first-order valence-electron chi connectivity index (χ1n) is 6.92. The number of rotatable bonds is 3. The Hall–Kier alpha value is 0. The maximum absolute atomic E-state index is 2.44. The van der Waals surface area contributed by atoms with Crippen molar-refractivity contribution in [2.24, 2.45) is 23.2 Å². The van der Waals surface area contributed by atoms with Crippen LogP contribution in [0.2, 0.25) is 0 Å². The van der Waals surface area contributed by atoms with Gasteiger partial charge in [0.2, 0.25) is 0 Å². The molecule has 1 rings (SSSR count). The van der Waals surface area contributed by atoms with E-state index >= 15 is 0 Å². The molecule has 90 valence electrons. The number of hydrogen-bond acceptors (Lipinski definition) is 0. The molecule has 0 aliphatic heterocycles. The van der Waals surface area contributed by atoms with Crippen LogP contribution in [0.15, 0.2) is 0 Å². The van der Waals surface area contributed by atoms with Crippen LogP contribution < -0.4 is 0 Å². The molecule has 0 N–H and O–H groups in total. The summed E-state index contributed by atoms with van der Waals surface area (Å²) in [6.45, 7) is 11.9. The van der Waals surface area contributed by atoms with Crippen molar-refractivity contribution < 1.29 is 0 Å². The molecule has 1 aliphatic rings. The summed E-state index contributed by atoms with van der Waals surface area (Å²) in [6.07, 6.45) is 8.78. The van der Waals surface area contributed by atoms with Gasteiger partial charge in [-0.15, -0.1) is 0 Å². The van der Waals surface area contributed by atoms with Gasteiger partial charge in [0.05, 0.1) is 0 Å². The Bertz CT molecular complexity index is 167. The van der Waals surface area contributed by atoms with E-state index in [-0.39, 0.29) is 0 Å². The van der Waals surface area contributed by atoms with Gasteiger partial charge in [-0.3, -0.25) is 0 Å². The van der Waals surface area contributed by atoms with Gasteiger partial charge in [0, 0.05) is 0 Å². The summed E-state index contributed by atoms with van der Waals surface area (Å²) in [5.74, 6) is 3.01. The third kappa shape index (κ3) is 4.57. The van der Waals surface area contributed by atoms with E-state index in [0.29, 0.717) is 5.41 Å². The first-order chi connectivity index (χ1) is 6.92. The minimum absolute atomic E-state index is 0.536. The van der Waals surface area contributed by atoms with Gasteiger partial charge >= 0.3 is 0 Å². The van der Waals surface area contributed by atoms with Crippen LogP contribution in [-0.2, 0) is 0 Å². The SMILES string of the molecule is CCC(C)C1CCC(CC(C)(C)C)CC1. The van der Waals surface area contributed by atoms with Crippen molar-refractivity contribution >= 4 is 0 Å². The van der Waals surface area contributed by atoms with E-state index in [1.165, 1.54) is 38.5 Å². The van der Waals surface area contributed by atoms with Gasteiger partial charge < -0.3 is 0 Å². The van der Waals surface area contributed by atoms with Gasteiger partial charge in [0.25, 0.3) is 0 Å². The van der Waals surface area contributed by atoms with Crippen molar-refractivity contribution in [1.82, 2.24) is 0 Å². The van der Waals surface area contributed by atoms with E-state index in [4.69, 9.17) is 0 Å². The molecular weight excluding hydrogens is 180 g/mol. The van der Waals surface area contributed by atoms with Crippen LogP contribution >= 0.6 is 0 Å². The van der Waals surface area contributed by atoms with Gasteiger partial charge in [-0.25, -0.2) is 0 Å². The molecular formula is C15H30. The van der Waals surface area contributed by atoms with Crippen molar-refractivity contribution in [3.8, 4) is 0 Å². The summed E-state index contributed by atoms with van der Waals surface area (Å²) < 4.78 is 0. The van der Waals surface area contributed by atoms with Gasteiger partial charge in [-0.05, 0) is 42.4 Å². The van der Waals surface area contributed by atoms with E-state index in [0.717, 1.165) is 17.8 Å². The summed E-state index contributed by atoms with van der Waals surface area (Å²) in [4.78, 5) is 0. The van der Waals surface area contributed by atoms with Crippen molar-refractivity contribution in [3.05, 3.63) is 0 Å². The minimum atomic E-state index is 0.536. The van der Waals surface area contributed by atoms with Crippen LogP contribution in [0.1, 0.15) is 73.1 Å².